The van der Waals surface area contributed by atoms with Crippen LogP contribution in [0.25, 0.3) is 33.4 Å². The maximum Gasteiger partial charge on any atom is 0.258 e. The largest absolute Gasteiger partial charge is 0.497 e. The molecule has 7 heteroatoms. The number of hydrogen-bond donors (Lipinski definition) is 1. The molecule has 0 saturated carbocycles. The number of rotatable bonds is 6. The molecule has 0 bridgehead atoms. The van der Waals surface area contributed by atoms with E-state index in [-0.39, 0.29) is 5.91 Å². The molecular weight excluding hydrogens is 546 g/mol. The predicted molar refractivity (Wildman–Crippen MR) is 156 cm³/mol. The number of nitrogens with one attached hydrogen (secondary N) is 1. The molecular formula is C30H26BrN3O2S. The van der Waals surface area contributed by atoms with Crippen LogP contribution in [-0.2, 0) is 0 Å². The van der Waals surface area contributed by atoms with Gasteiger partial charge in [0.2, 0.25) is 0 Å². The SMILES string of the molecule is COc1ccc(-c2cc(C(=O)Nc3nc(-c4ccc(C(C)C)cc4)c(C)s3)c3cc(Br)ccc3n2)cc1. The first-order valence-corrected chi connectivity index (χ1v) is 13.6. The van der Waals surface area contributed by atoms with Crippen molar-refractivity contribution >= 4 is 49.2 Å². The summed E-state index contributed by atoms with van der Waals surface area (Å²) in [7, 11) is 1.63. The maximum absolute atomic E-state index is 13.6. The number of benzene rings is 3. The molecule has 37 heavy (non-hydrogen) atoms. The molecule has 2 heterocycles. The average molecular weight is 573 g/mol. The first kappa shape index (κ1) is 25.1. The Morgan fingerprint density at radius 2 is 1.65 bits per heavy atom. The Morgan fingerprint density at radius 1 is 0.946 bits per heavy atom. The van der Waals surface area contributed by atoms with Gasteiger partial charge in [0.25, 0.3) is 5.91 Å². The molecule has 5 rings (SSSR count). The van der Waals surface area contributed by atoms with E-state index in [0.29, 0.717) is 22.3 Å². The molecule has 0 spiro atoms. The van der Waals surface area contributed by atoms with Gasteiger partial charge < -0.3 is 4.74 Å². The first-order valence-electron chi connectivity index (χ1n) is 12.0. The van der Waals surface area contributed by atoms with Gasteiger partial charge in [-0.2, -0.15) is 0 Å². The molecule has 0 atom stereocenters. The molecule has 0 aliphatic carbocycles. The monoisotopic (exact) mass is 571 g/mol. The van der Waals surface area contributed by atoms with Crippen molar-refractivity contribution in [1.82, 2.24) is 9.97 Å². The third-order valence-electron chi connectivity index (χ3n) is 6.27. The molecule has 3 aromatic carbocycles. The summed E-state index contributed by atoms with van der Waals surface area (Å²) in [4.78, 5) is 24.2. The lowest BCUT2D eigenvalue weighted by Gasteiger charge is -2.10. The van der Waals surface area contributed by atoms with E-state index >= 15 is 0 Å². The zero-order valence-electron chi connectivity index (χ0n) is 21.0. The summed E-state index contributed by atoms with van der Waals surface area (Å²) in [6.07, 6.45) is 0. The highest BCUT2D eigenvalue weighted by molar-refractivity contribution is 9.10. The lowest BCUT2D eigenvalue weighted by molar-refractivity contribution is 0.102. The van der Waals surface area contributed by atoms with Gasteiger partial charge in [0.05, 0.1) is 29.6 Å². The molecule has 0 fully saturated rings. The van der Waals surface area contributed by atoms with Gasteiger partial charge in [0.15, 0.2) is 5.13 Å². The van der Waals surface area contributed by atoms with Gasteiger partial charge in [-0.15, -0.1) is 11.3 Å². The van der Waals surface area contributed by atoms with Gasteiger partial charge in [-0.3, -0.25) is 10.1 Å². The smallest absolute Gasteiger partial charge is 0.258 e. The quantitative estimate of drug-likeness (QED) is 0.222. The number of pyridine rings is 1. The number of amides is 1. The number of carbonyl (C=O) groups is 1. The minimum absolute atomic E-state index is 0.226. The van der Waals surface area contributed by atoms with Crippen LogP contribution in [-0.4, -0.2) is 23.0 Å². The summed E-state index contributed by atoms with van der Waals surface area (Å²) in [5, 5.41) is 4.36. The van der Waals surface area contributed by atoms with Gasteiger partial charge in [0, 0.05) is 25.9 Å². The molecule has 5 aromatic rings. The number of hydrogen-bond acceptors (Lipinski definition) is 5. The summed E-state index contributed by atoms with van der Waals surface area (Å²) >= 11 is 5.00. The van der Waals surface area contributed by atoms with Crippen LogP contribution < -0.4 is 10.1 Å². The summed E-state index contributed by atoms with van der Waals surface area (Å²) < 4.78 is 6.16. The Kier molecular flexibility index (Phi) is 7.09. The fraction of sp³-hybridized carbons (Fsp3) is 0.167. The Labute approximate surface area is 228 Å². The zero-order chi connectivity index (χ0) is 26.1. The number of aromatic nitrogens is 2. The number of halogens is 1. The molecule has 1 amide bonds. The van der Waals surface area contributed by atoms with Crippen LogP contribution in [0.2, 0.25) is 0 Å². The van der Waals surface area contributed by atoms with Gasteiger partial charge in [0.1, 0.15) is 5.75 Å². The summed E-state index contributed by atoms with van der Waals surface area (Å²) in [6.45, 7) is 6.38. The van der Waals surface area contributed by atoms with Crippen LogP contribution in [0.5, 0.6) is 5.75 Å². The Balaban J connectivity index is 1.50. The minimum Gasteiger partial charge on any atom is -0.497 e. The standard InChI is InChI=1S/C30H26BrN3O2S/c1-17(2)19-5-7-21(8-6-19)28-18(3)37-30(33-28)34-29(35)25-16-27(20-9-12-23(36-4)13-10-20)32-26-14-11-22(31)15-24(25)26/h5-17H,1-4H3,(H,33,34,35). The van der Waals surface area contributed by atoms with Crippen molar-refractivity contribution in [3.05, 3.63) is 93.3 Å². The predicted octanol–water partition coefficient (Wildman–Crippen LogP) is 8.48. The van der Waals surface area contributed by atoms with E-state index in [4.69, 9.17) is 14.7 Å². The van der Waals surface area contributed by atoms with E-state index in [9.17, 15) is 4.79 Å². The average Bonchev–Trinajstić information content (AvgIpc) is 3.27. The number of anilines is 1. The minimum atomic E-state index is -0.226. The third kappa shape index (κ3) is 5.29. The molecule has 2 aromatic heterocycles. The fourth-order valence-corrected chi connectivity index (χ4v) is 5.40. The van der Waals surface area contributed by atoms with E-state index in [1.807, 2.05) is 55.5 Å². The number of nitrogens with zero attached hydrogens (tertiary/aromatic N) is 2. The second kappa shape index (κ2) is 10.4. The highest BCUT2D eigenvalue weighted by Crippen LogP contribution is 2.33. The van der Waals surface area contributed by atoms with Crippen molar-refractivity contribution in [3.63, 3.8) is 0 Å². The van der Waals surface area contributed by atoms with Crippen LogP contribution in [0.3, 0.4) is 0 Å². The van der Waals surface area contributed by atoms with Crippen molar-refractivity contribution in [3.8, 4) is 28.3 Å². The van der Waals surface area contributed by atoms with Crippen molar-refractivity contribution in [2.24, 2.45) is 0 Å². The van der Waals surface area contributed by atoms with E-state index in [1.165, 1.54) is 16.9 Å². The van der Waals surface area contributed by atoms with Crippen LogP contribution in [0, 0.1) is 6.92 Å². The van der Waals surface area contributed by atoms with E-state index < -0.39 is 0 Å². The zero-order valence-corrected chi connectivity index (χ0v) is 23.4. The van der Waals surface area contributed by atoms with Crippen molar-refractivity contribution < 1.29 is 9.53 Å². The molecule has 0 unspecified atom stereocenters. The molecule has 0 saturated heterocycles. The summed E-state index contributed by atoms with van der Waals surface area (Å²) in [6, 6.07) is 23.7. The lowest BCUT2D eigenvalue weighted by atomic mass is 10.0. The highest BCUT2D eigenvalue weighted by Gasteiger charge is 2.18. The van der Waals surface area contributed by atoms with E-state index in [1.54, 1.807) is 7.11 Å². The Morgan fingerprint density at radius 3 is 2.32 bits per heavy atom. The Bertz CT molecular complexity index is 1590. The normalized spacial score (nSPS) is 11.2. The lowest BCUT2D eigenvalue weighted by Crippen LogP contribution is -2.13. The van der Waals surface area contributed by atoms with Crippen molar-refractivity contribution in [2.45, 2.75) is 26.7 Å². The highest BCUT2D eigenvalue weighted by atomic mass is 79.9. The second-order valence-corrected chi connectivity index (χ2v) is 11.2. The molecule has 0 aliphatic heterocycles. The number of fused-ring (bicyclic) bond motifs is 1. The number of ether oxygens (including phenoxy) is 1. The summed E-state index contributed by atoms with van der Waals surface area (Å²) in [5.41, 5.74) is 6.10. The second-order valence-electron chi connectivity index (χ2n) is 9.10. The molecule has 1 N–H and O–H groups in total. The third-order valence-corrected chi connectivity index (χ3v) is 7.65. The van der Waals surface area contributed by atoms with E-state index in [2.05, 4.69) is 59.4 Å². The van der Waals surface area contributed by atoms with Crippen LogP contribution in [0.15, 0.2) is 77.3 Å². The van der Waals surface area contributed by atoms with Crippen molar-refractivity contribution in [1.29, 1.82) is 0 Å². The van der Waals surface area contributed by atoms with Crippen LogP contribution >= 0.6 is 27.3 Å². The molecule has 0 aliphatic rings. The van der Waals surface area contributed by atoms with Crippen LogP contribution in [0.1, 0.15) is 40.6 Å². The molecule has 5 nitrogen and oxygen atoms in total. The first-order chi connectivity index (χ1) is 17.8. The maximum atomic E-state index is 13.6. The van der Waals surface area contributed by atoms with Gasteiger partial charge in [-0.1, -0.05) is 54.0 Å². The van der Waals surface area contributed by atoms with Gasteiger partial charge in [-0.25, -0.2) is 9.97 Å². The Hall–Kier alpha value is -3.55. The topological polar surface area (TPSA) is 64.1 Å². The van der Waals surface area contributed by atoms with E-state index in [0.717, 1.165) is 42.8 Å². The number of thiazole rings is 1. The summed E-state index contributed by atoms with van der Waals surface area (Å²) in [5.74, 6) is 1.01. The van der Waals surface area contributed by atoms with Gasteiger partial charge in [-0.05, 0) is 66.9 Å². The fourth-order valence-electron chi connectivity index (χ4n) is 4.20. The molecule has 0 radical (unpaired) electrons. The number of aryl methyl sites for hydroxylation is 1. The molecule has 186 valence electrons. The number of methoxy groups -OCH3 is 1. The van der Waals surface area contributed by atoms with Crippen molar-refractivity contribution in [2.75, 3.05) is 12.4 Å². The van der Waals surface area contributed by atoms with Crippen LogP contribution in [0.4, 0.5) is 5.13 Å². The number of carbonyl (C=O) groups excluding carboxylic acids is 1. The van der Waals surface area contributed by atoms with Gasteiger partial charge >= 0.3 is 0 Å².